The fourth-order valence-electron chi connectivity index (χ4n) is 2.71. The van der Waals surface area contributed by atoms with E-state index in [2.05, 4.69) is 10.3 Å². The minimum absolute atomic E-state index is 0.0924. The van der Waals surface area contributed by atoms with E-state index in [0.29, 0.717) is 15.9 Å². The van der Waals surface area contributed by atoms with Crippen LogP contribution >= 0.6 is 23.4 Å². The summed E-state index contributed by atoms with van der Waals surface area (Å²) < 4.78 is 0. The van der Waals surface area contributed by atoms with Crippen LogP contribution in [0.4, 0.5) is 17.1 Å². The molecule has 10 heteroatoms. The van der Waals surface area contributed by atoms with E-state index in [4.69, 9.17) is 11.6 Å². The number of nitro benzene ring substituents is 1. The van der Waals surface area contributed by atoms with Crippen molar-refractivity contribution in [1.29, 1.82) is 0 Å². The first-order valence-electron chi connectivity index (χ1n) is 8.58. The Bertz CT molecular complexity index is 1030. The highest BCUT2D eigenvalue weighted by Crippen LogP contribution is 2.33. The largest absolute Gasteiger partial charge is 0.320 e. The SMILES string of the molecule is Cc1ccc(Cl)cc1N=C1SC(CC(=O)Nc2ccccc2[N+](=O)[O-])C(=O)N1C. The molecule has 2 amide bonds. The molecule has 1 saturated heterocycles. The summed E-state index contributed by atoms with van der Waals surface area (Å²) in [6.45, 7) is 1.88. The predicted octanol–water partition coefficient (Wildman–Crippen LogP) is 4.15. The molecule has 8 nitrogen and oxygen atoms in total. The lowest BCUT2D eigenvalue weighted by Gasteiger charge is -2.10. The van der Waals surface area contributed by atoms with Gasteiger partial charge in [0.25, 0.3) is 5.69 Å². The van der Waals surface area contributed by atoms with E-state index in [1.165, 1.54) is 34.9 Å². The van der Waals surface area contributed by atoms with Crippen molar-refractivity contribution in [2.75, 3.05) is 12.4 Å². The van der Waals surface area contributed by atoms with Crippen molar-refractivity contribution in [2.45, 2.75) is 18.6 Å². The third-order valence-electron chi connectivity index (χ3n) is 4.27. The number of amidine groups is 1. The molecule has 1 aliphatic heterocycles. The minimum atomic E-state index is -0.666. The van der Waals surface area contributed by atoms with E-state index in [1.807, 2.05) is 13.0 Å². The highest BCUT2D eigenvalue weighted by atomic mass is 35.5. The van der Waals surface area contributed by atoms with Gasteiger partial charge in [-0.05, 0) is 30.7 Å². The third-order valence-corrected chi connectivity index (χ3v) is 5.74. The van der Waals surface area contributed by atoms with Crippen LogP contribution in [0.1, 0.15) is 12.0 Å². The van der Waals surface area contributed by atoms with Crippen molar-refractivity contribution >= 4 is 57.4 Å². The summed E-state index contributed by atoms with van der Waals surface area (Å²) in [5.41, 5.74) is 1.43. The van der Waals surface area contributed by atoms with Crippen LogP contribution in [0.2, 0.25) is 5.02 Å². The topological polar surface area (TPSA) is 105 Å². The maximum Gasteiger partial charge on any atom is 0.292 e. The number of nitro groups is 1. The van der Waals surface area contributed by atoms with Crippen LogP contribution in [-0.2, 0) is 9.59 Å². The normalized spacial score (nSPS) is 17.6. The molecule has 2 aromatic carbocycles. The van der Waals surface area contributed by atoms with Crippen LogP contribution < -0.4 is 5.32 Å². The molecule has 0 saturated carbocycles. The van der Waals surface area contributed by atoms with E-state index in [1.54, 1.807) is 25.2 Å². The number of benzene rings is 2. The van der Waals surface area contributed by atoms with Gasteiger partial charge in [0.2, 0.25) is 11.8 Å². The summed E-state index contributed by atoms with van der Waals surface area (Å²) >= 11 is 7.19. The van der Waals surface area contributed by atoms with Crippen molar-refractivity contribution in [1.82, 2.24) is 4.90 Å². The zero-order valence-electron chi connectivity index (χ0n) is 15.6. The van der Waals surface area contributed by atoms with Crippen LogP contribution in [-0.4, -0.2) is 39.1 Å². The highest BCUT2D eigenvalue weighted by molar-refractivity contribution is 8.15. The second-order valence-corrected chi connectivity index (χ2v) is 7.96. The molecular formula is C19H17ClN4O4S. The molecule has 0 aliphatic carbocycles. The van der Waals surface area contributed by atoms with Crippen molar-refractivity contribution in [3.05, 3.63) is 63.2 Å². The molecule has 29 heavy (non-hydrogen) atoms. The fourth-order valence-corrected chi connectivity index (χ4v) is 4.03. The monoisotopic (exact) mass is 432 g/mol. The first kappa shape index (κ1) is 20.8. The number of thioether (sulfide) groups is 1. The Morgan fingerprint density at radius 3 is 2.79 bits per heavy atom. The number of carbonyl (C=O) groups is 2. The first-order chi connectivity index (χ1) is 13.8. The Morgan fingerprint density at radius 1 is 1.34 bits per heavy atom. The molecule has 1 fully saturated rings. The second-order valence-electron chi connectivity index (χ2n) is 6.36. The predicted molar refractivity (Wildman–Crippen MR) is 114 cm³/mol. The first-order valence-corrected chi connectivity index (χ1v) is 9.84. The van der Waals surface area contributed by atoms with E-state index in [9.17, 15) is 19.7 Å². The molecule has 1 heterocycles. The number of nitrogens with one attached hydrogen (secondary N) is 1. The van der Waals surface area contributed by atoms with Gasteiger partial charge in [0, 0.05) is 24.6 Å². The Morgan fingerprint density at radius 2 is 2.07 bits per heavy atom. The van der Waals surface area contributed by atoms with Gasteiger partial charge in [0.1, 0.15) is 10.9 Å². The number of rotatable bonds is 5. The van der Waals surface area contributed by atoms with Crippen molar-refractivity contribution in [3.63, 3.8) is 0 Å². The van der Waals surface area contributed by atoms with Crippen LogP contribution in [0.25, 0.3) is 0 Å². The Kier molecular flexibility index (Phi) is 6.19. The minimum Gasteiger partial charge on any atom is -0.320 e. The van der Waals surface area contributed by atoms with E-state index in [0.717, 1.165) is 5.56 Å². The summed E-state index contributed by atoms with van der Waals surface area (Å²) in [6, 6.07) is 11.1. The number of anilines is 1. The zero-order valence-corrected chi connectivity index (χ0v) is 17.2. The summed E-state index contributed by atoms with van der Waals surface area (Å²) in [6.07, 6.45) is -0.132. The molecule has 0 aromatic heterocycles. The maximum atomic E-state index is 12.5. The number of carbonyl (C=O) groups excluding carboxylic acids is 2. The van der Waals surface area contributed by atoms with Gasteiger partial charge in [-0.2, -0.15) is 0 Å². The number of nitrogens with zero attached hydrogens (tertiary/aromatic N) is 3. The molecule has 150 valence electrons. The standard InChI is InChI=1S/C19H17ClN4O4S/c1-11-7-8-12(20)9-14(11)22-19-23(2)18(26)16(29-19)10-17(25)21-13-5-3-4-6-15(13)24(27)28/h3-9,16H,10H2,1-2H3,(H,21,25). The van der Waals surface area contributed by atoms with E-state index in [-0.39, 0.29) is 23.7 Å². The van der Waals surface area contributed by atoms with E-state index >= 15 is 0 Å². The van der Waals surface area contributed by atoms with Crippen molar-refractivity contribution in [2.24, 2.45) is 4.99 Å². The zero-order chi connectivity index (χ0) is 21.1. The molecule has 0 bridgehead atoms. The number of aryl methyl sites for hydroxylation is 1. The number of aliphatic imine (C=N–C) groups is 1. The summed E-state index contributed by atoms with van der Waals surface area (Å²) in [7, 11) is 1.59. The van der Waals surface area contributed by atoms with E-state index < -0.39 is 16.1 Å². The molecule has 1 unspecified atom stereocenters. The molecule has 2 aromatic rings. The van der Waals surface area contributed by atoms with Crippen molar-refractivity contribution < 1.29 is 14.5 Å². The Balaban J connectivity index is 1.73. The number of hydrogen-bond acceptors (Lipinski definition) is 6. The van der Waals surface area contributed by atoms with Gasteiger partial charge in [0.05, 0.1) is 10.6 Å². The van der Waals surface area contributed by atoms with Gasteiger partial charge < -0.3 is 5.32 Å². The Hall–Kier alpha value is -2.91. The average Bonchev–Trinajstić information content (AvgIpc) is 2.92. The lowest BCUT2D eigenvalue weighted by Crippen LogP contribution is -2.30. The Labute approximate surface area is 176 Å². The summed E-state index contributed by atoms with van der Waals surface area (Å²) in [4.78, 5) is 41.3. The third kappa shape index (κ3) is 4.75. The van der Waals surface area contributed by atoms with Gasteiger partial charge in [-0.1, -0.05) is 41.6 Å². The van der Waals surface area contributed by atoms with Gasteiger partial charge >= 0.3 is 0 Å². The molecule has 0 spiro atoms. The second kappa shape index (κ2) is 8.62. The smallest absolute Gasteiger partial charge is 0.292 e. The van der Waals surface area contributed by atoms with Gasteiger partial charge in [-0.3, -0.25) is 24.6 Å². The summed E-state index contributed by atoms with van der Waals surface area (Å²) in [5, 5.41) is 13.9. The highest BCUT2D eigenvalue weighted by Gasteiger charge is 2.37. The van der Waals surface area contributed by atoms with Gasteiger partial charge in [-0.15, -0.1) is 0 Å². The molecule has 1 N–H and O–H groups in total. The molecule has 1 aliphatic rings. The van der Waals surface area contributed by atoms with Crippen LogP contribution in [0, 0.1) is 17.0 Å². The van der Waals surface area contributed by atoms with Crippen LogP contribution in [0.3, 0.4) is 0 Å². The van der Waals surface area contributed by atoms with Crippen molar-refractivity contribution in [3.8, 4) is 0 Å². The molecular weight excluding hydrogens is 416 g/mol. The van der Waals surface area contributed by atoms with Crippen LogP contribution in [0.15, 0.2) is 47.5 Å². The number of halogens is 1. The lowest BCUT2D eigenvalue weighted by molar-refractivity contribution is -0.383. The average molecular weight is 433 g/mol. The van der Waals surface area contributed by atoms with Gasteiger partial charge in [-0.25, -0.2) is 4.99 Å². The summed E-state index contributed by atoms with van der Waals surface area (Å²) in [5.74, 6) is -0.745. The molecule has 3 rings (SSSR count). The molecule has 0 radical (unpaired) electrons. The maximum absolute atomic E-state index is 12.5. The molecule has 1 atom stereocenters. The number of amides is 2. The fraction of sp³-hybridized carbons (Fsp3) is 0.211. The number of para-hydroxylation sites is 2. The van der Waals surface area contributed by atoms with Crippen LogP contribution in [0.5, 0.6) is 0 Å². The lowest BCUT2D eigenvalue weighted by atomic mass is 10.2. The number of hydrogen-bond donors (Lipinski definition) is 1. The van der Waals surface area contributed by atoms with Gasteiger partial charge in [0.15, 0.2) is 5.17 Å². The quantitative estimate of drug-likeness (QED) is 0.564.